The third-order valence-corrected chi connectivity index (χ3v) is 2.55. The number of aliphatic hydroxyl groups is 1. The molecule has 0 spiro atoms. The largest absolute Gasteiger partial charge is 0.384 e. The van der Waals surface area contributed by atoms with E-state index in [4.69, 9.17) is 5.11 Å². The van der Waals surface area contributed by atoms with Gasteiger partial charge >= 0.3 is 0 Å². The highest BCUT2D eigenvalue weighted by Gasteiger charge is 2.22. The van der Waals surface area contributed by atoms with Crippen LogP contribution in [-0.4, -0.2) is 28.6 Å². The number of carbonyl (C=O) groups excluding carboxylic acids is 1. The van der Waals surface area contributed by atoms with Gasteiger partial charge in [-0.05, 0) is 24.6 Å². The number of hydrogen-bond acceptors (Lipinski definition) is 3. The van der Waals surface area contributed by atoms with Gasteiger partial charge in [-0.2, -0.15) is 0 Å². The molecule has 2 N–H and O–H groups in total. The fourth-order valence-corrected chi connectivity index (χ4v) is 1.36. The van der Waals surface area contributed by atoms with Crippen LogP contribution < -0.4 is 5.32 Å². The Bertz CT molecular complexity index is 347. The molecule has 88 valence electrons. The number of aromatic nitrogens is 1. The quantitative estimate of drug-likeness (QED) is 0.794. The monoisotopic (exact) mass is 222 g/mol. The summed E-state index contributed by atoms with van der Waals surface area (Å²) in [5.41, 5.74) is 0.932. The number of rotatable bonds is 4. The van der Waals surface area contributed by atoms with E-state index in [0.29, 0.717) is 6.54 Å². The van der Waals surface area contributed by atoms with E-state index in [1.807, 2.05) is 26.0 Å². The molecule has 1 unspecified atom stereocenters. The summed E-state index contributed by atoms with van der Waals surface area (Å²) >= 11 is 0. The normalized spacial score (nSPS) is 13.2. The van der Waals surface area contributed by atoms with Gasteiger partial charge in [0.2, 0.25) is 5.91 Å². The van der Waals surface area contributed by atoms with Crippen molar-refractivity contribution in [1.29, 1.82) is 0 Å². The fourth-order valence-electron chi connectivity index (χ4n) is 1.36. The highest BCUT2D eigenvalue weighted by molar-refractivity contribution is 5.80. The smallest absolute Gasteiger partial charge is 0.248 e. The van der Waals surface area contributed by atoms with Crippen molar-refractivity contribution in [2.24, 2.45) is 0 Å². The Balaban J connectivity index is 2.63. The van der Waals surface area contributed by atoms with Crippen molar-refractivity contribution in [2.75, 3.05) is 6.54 Å². The first kappa shape index (κ1) is 12.6. The first-order chi connectivity index (χ1) is 7.43. The summed E-state index contributed by atoms with van der Waals surface area (Å²) in [7, 11) is 0. The first-order valence-electron chi connectivity index (χ1n) is 5.30. The molecule has 16 heavy (non-hydrogen) atoms. The number of carbonyl (C=O) groups is 1. The van der Waals surface area contributed by atoms with Gasteiger partial charge in [-0.25, -0.2) is 0 Å². The number of nitrogens with one attached hydrogen (secondary N) is 1. The van der Waals surface area contributed by atoms with Crippen molar-refractivity contribution in [3.8, 4) is 0 Å². The molecule has 4 nitrogen and oxygen atoms in total. The summed E-state index contributed by atoms with van der Waals surface area (Å²) in [5.74, 6) is -0.345. The van der Waals surface area contributed by atoms with Gasteiger partial charge in [0.05, 0.1) is 0 Å². The average Bonchev–Trinajstić information content (AvgIpc) is 2.27. The average molecular weight is 222 g/mol. The second-order valence-corrected chi connectivity index (χ2v) is 4.51. The zero-order valence-corrected chi connectivity index (χ0v) is 9.90. The van der Waals surface area contributed by atoms with Crippen molar-refractivity contribution in [2.45, 2.75) is 32.3 Å². The molecule has 1 atom stereocenters. The number of amides is 1. The second-order valence-electron chi connectivity index (χ2n) is 4.51. The van der Waals surface area contributed by atoms with Gasteiger partial charge in [-0.3, -0.25) is 9.78 Å². The lowest BCUT2D eigenvalue weighted by Gasteiger charge is -2.25. The van der Waals surface area contributed by atoms with Crippen LogP contribution in [-0.2, 0) is 10.2 Å². The van der Waals surface area contributed by atoms with Gasteiger partial charge in [-0.1, -0.05) is 13.8 Å². The number of aliphatic hydroxyl groups excluding tert-OH is 1. The van der Waals surface area contributed by atoms with Crippen molar-refractivity contribution in [3.63, 3.8) is 0 Å². The molecule has 1 aromatic heterocycles. The molecule has 0 aliphatic carbocycles. The van der Waals surface area contributed by atoms with Crippen LogP contribution in [0, 0.1) is 0 Å². The van der Waals surface area contributed by atoms with E-state index in [1.54, 1.807) is 12.4 Å². The van der Waals surface area contributed by atoms with E-state index >= 15 is 0 Å². The van der Waals surface area contributed by atoms with E-state index in [9.17, 15) is 4.79 Å². The van der Waals surface area contributed by atoms with E-state index in [-0.39, 0.29) is 11.3 Å². The van der Waals surface area contributed by atoms with E-state index < -0.39 is 6.10 Å². The lowest BCUT2D eigenvalue weighted by Crippen LogP contribution is -2.40. The molecule has 0 saturated carbocycles. The molecule has 0 saturated heterocycles. The van der Waals surface area contributed by atoms with Gasteiger partial charge in [0, 0.05) is 24.4 Å². The van der Waals surface area contributed by atoms with Crippen LogP contribution in [0.25, 0.3) is 0 Å². The first-order valence-corrected chi connectivity index (χ1v) is 5.30. The molecule has 1 rings (SSSR count). The molecule has 0 aromatic carbocycles. The van der Waals surface area contributed by atoms with Gasteiger partial charge in [0.25, 0.3) is 0 Å². The molecule has 1 amide bonds. The van der Waals surface area contributed by atoms with Crippen LogP contribution in [0.1, 0.15) is 26.3 Å². The van der Waals surface area contributed by atoms with Crippen LogP contribution in [0.3, 0.4) is 0 Å². The van der Waals surface area contributed by atoms with E-state index in [2.05, 4.69) is 10.3 Å². The summed E-state index contributed by atoms with van der Waals surface area (Å²) in [4.78, 5) is 15.2. The number of hydrogen-bond donors (Lipinski definition) is 2. The molecule has 1 heterocycles. The van der Waals surface area contributed by atoms with Crippen LogP contribution >= 0.6 is 0 Å². The molecular weight excluding hydrogens is 204 g/mol. The minimum absolute atomic E-state index is 0.173. The molecule has 0 fully saturated rings. The fraction of sp³-hybridized carbons (Fsp3) is 0.500. The second kappa shape index (κ2) is 5.07. The van der Waals surface area contributed by atoms with E-state index in [0.717, 1.165) is 5.56 Å². The Kier molecular flexibility index (Phi) is 4.01. The Morgan fingerprint density at radius 1 is 1.50 bits per heavy atom. The third kappa shape index (κ3) is 3.31. The van der Waals surface area contributed by atoms with Crippen molar-refractivity contribution < 1.29 is 9.90 Å². The van der Waals surface area contributed by atoms with Gasteiger partial charge in [0.15, 0.2) is 0 Å². The zero-order chi connectivity index (χ0) is 12.2. The summed E-state index contributed by atoms with van der Waals surface area (Å²) in [6.07, 6.45) is 2.49. The standard InChI is InChI=1S/C12H18N2O2/c1-9(15)11(16)14-8-12(2,3)10-4-6-13-7-5-10/h4-7,9,15H,8H2,1-3H3,(H,14,16). The Hall–Kier alpha value is -1.42. The third-order valence-electron chi connectivity index (χ3n) is 2.55. The Morgan fingerprint density at radius 3 is 2.56 bits per heavy atom. The van der Waals surface area contributed by atoms with Crippen molar-refractivity contribution >= 4 is 5.91 Å². The molecule has 4 heteroatoms. The molecule has 0 aliphatic rings. The Morgan fingerprint density at radius 2 is 2.06 bits per heavy atom. The zero-order valence-electron chi connectivity index (χ0n) is 9.90. The SMILES string of the molecule is CC(O)C(=O)NCC(C)(C)c1ccncc1. The maximum Gasteiger partial charge on any atom is 0.248 e. The molecular formula is C12H18N2O2. The molecule has 0 radical (unpaired) electrons. The summed E-state index contributed by atoms with van der Waals surface area (Å²) < 4.78 is 0. The lowest BCUT2D eigenvalue weighted by atomic mass is 9.85. The van der Waals surface area contributed by atoms with E-state index in [1.165, 1.54) is 6.92 Å². The maximum absolute atomic E-state index is 11.2. The topological polar surface area (TPSA) is 62.2 Å². The van der Waals surface area contributed by atoms with Crippen molar-refractivity contribution in [3.05, 3.63) is 30.1 Å². The van der Waals surface area contributed by atoms with Crippen LogP contribution in [0.2, 0.25) is 0 Å². The van der Waals surface area contributed by atoms with Gasteiger partial charge < -0.3 is 10.4 Å². The van der Waals surface area contributed by atoms with Crippen LogP contribution in [0.4, 0.5) is 0 Å². The minimum Gasteiger partial charge on any atom is -0.384 e. The van der Waals surface area contributed by atoms with Gasteiger partial charge in [-0.15, -0.1) is 0 Å². The van der Waals surface area contributed by atoms with Crippen molar-refractivity contribution in [1.82, 2.24) is 10.3 Å². The molecule has 0 bridgehead atoms. The van der Waals surface area contributed by atoms with Crippen LogP contribution in [0.5, 0.6) is 0 Å². The minimum atomic E-state index is -0.965. The highest BCUT2D eigenvalue weighted by atomic mass is 16.3. The molecule has 1 aromatic rings. The summed E-state index contributed by atoms with van der Waals surface area (Å²) in [5, 5.41) is 11.8. The maximum atomic E-state index is 11.2. The highest BCUT2D eigenvalue weighted by Crippen LogP contribution is 2.21. The summed E-state index contributed by atoms with van der Waals surface area (Å²) in [6.45, 7) is 6.00. The molecule has 0 aliphatic heterocycles. The number of nitrogens with zero attached hydrogens (tertiary/aromatic N) is 1. The predicted octanol–water partition coefficient (Wildman–Crippen LogP) is 0.856. The number of pyridine rings is 1. The predicted molar refractivity (Wildman–Crippen MR) is 62.0 cm³/mol. The Labute approximate surface area is 95.7 Å². The van der Waals surface area contributed by atoms with Gasteiger partial charge in [0.1, 0.15) is 6.10 Å². The lowest BCUT2D eigenvalue weighted by molar-refractivity contribution is -0.128. The van der Waals surface area contributed by atoms with Crippen LogP contribution in [0.15, 0.2) is 24.5 Å². The summed E-state index contributed by atoms with van der Waals surface area (Å²) in [6, 6.07) is 3.85.